The van der Waals surface area contributed by atoms with Crippen LogP contribution in [0.2, 0.25) is 0 Å². The molecule has 0 radical (unpaired) electrons. The quantitative estimate of drug-likeness (QED) is 0.435. The van der Waals surface area contributed by atoms with E-state index in [-0.39, 0.29) is 6.04 Å². The van der Waals surface area contributed by atoms with E-state index in [0.29, 0.717) is 0 Å². The average molecular weight is 344 g/mol. The highest BCUT2D eigenvalue weighted by Gasteiger charge is 2.25. The molecule has 7 heteroatoms. The van der Waals surface area contributed by atoms with Crippen LogP contribution in [0.3, 0.4) is 0 Å². The van der Waals surface area contributed by atoms with Gasteiger partial charge in [-0.3, -0.25) is 9.89 Å². The summed E-state index contributed by atoms with van der Waals surface area (Å²) in [6.07, 6.45) is 10.9. The van der Waals surface area contributed by atoms with E-state index in [9.17, 15) is 0 Å². The van der Waals surface area contributed by atoms with E-state index in [4.69, 9.17) is 4.42 Å². The van der Waals surface area contributed by atoms with Crippen LogP contribution in [0.15, 0.2) is 46.5 Å². The third-order valence-electron chi connectivity index (χ3n) is 4.58. The second-order valence-electron chi connectivity index (χ2n) is 6.31. The molecule has 3 heterocycles. The lowest BCUT2D eigenvalue weighted by Gasteiger charge is -2.26. The number of imidazole rings is 1. The Morgan fingerprint density at radius 1 is 1.36 bits per heavy atom. The zero-order chi connectivity index (χ0) is 17.3. The molecular weight excluding hydrogens is 316 g/mol. The van der Waals surface area contributed by atoms with Gasteiger partial charge in [-0.15, -0.1) is 0 Å². The molecule has 7 nitrogen and oxygen atoms in total. The lowest BCUT2D eigenvalue weighted by atomic mass is 10.2. The molecule has 1 fully saturated rings. The normalized spacial score (nSPS) is 16.9. The zero-order valence-corrected chi connectivity index (χ0v) is 14.9. The molecule has 25 heavy (non-hydrogen) atoms. The fraction of sp³-hybridized carbons (Fsp3) is 0.556. The number of nitrogens with one attached hydrogen (secondary N) is 2. The number of guanidine groups is 1. The molecule has 2 aromatic rings. The van der Waals surface area contributed by atoms with Crippen molar-refractivity contribution in [2.75, 3.05) is 33.2 Å². The minimum Gasteiger partial charge on any atom is -0.468 e. The second kappa shape index (κ2) is 9.27. The Labute approximate surface area is 149 Å². The first-order chi connectivity index (χ1) is 12.4. The van der Waals surface area contributed by atoms with Crippen molar-refractivity contribution >= 4 is 5.96 Å². The lowest BCUT2D eigenvalue weighted by Crippen LogP contribution is -2.43. The fourth-order valence-corrected chi connectivity index (χ4v) is 3.25. The molecule has 1 aliphatic rings. The fourth-order valence-electron chi connectivity index (χ4n) is 3.25. The number of aromatic nitrogens is 2. The van der Waals surface area contributed by atoms with Gasteiger partial charge in [0.05, 0.1) is 18.6 Å². The van der Waals surface area contributed by atoms with Crippen molar-refractivity contribution in [3.63, 3.8) is 0 Å². The number of rotatable bonds is 8. The molecule has 0 amide bonds. The Bertz CT molecular complexity index is 616. The van der Waals surface area contributed by atoms with Crippen LogP contribution in [0.5, 0.6) is 0 Å². The number of aryl methyl sites for hydroxylation is 1. The van der Waals surface area contributed by atoms with Gasteiger partial charge in [-0.1, -0.05) is 0 Å². The first-order valence-electron chi connectivity index (χ1n) is 9.04. The summed E-state index contributed by atoms with van der Waals surface area (Å²) in [5.41, 5.74) is 0. The molecule has 1 aliphatic heterocycles. The average Bonchev–Trinajstić information content (AvgIpc) is 3.40. The predicted molar refractivity (Wildman–Crippen MR) is 98.5 cm³/mol. The maximum Gasteiger partial charge on any atom is 0.191 e. The summed E-state index contributed by atoms with van der Waals surface area (Å²) in [7, 11) is 1.81. The smallest absolute Gasteiger partial charge is 0.191 e. The summed E-state index contributed by atoms with van der Waals surface area (Å²) in [4.78, 5) is 10.9. The molecule has 0 aliphatic carbocycles. The minimum absolute atomic E-state index is 0.252. The Hall–Kier alpha value is -2.28. The molecule has 0 saturated carbocycles. The first-order valence-corrected chi connectivity index (χ1v) is 9.04. The standard InChI is InChI=1S/C18H28N6O/c1-19-18(21-7-5-9-23-12-8-20-15-23)22-14-16(17-6-4-13-25-17)24-10-2-3-11-24/h4,6,8,12-13,15-16H,2-3,5,7,9-11,14H2,1H3,(H2,19,21,22). The van der Waals surface area contributed by atoms with Gasteiger partial charge in [0.15, 0.2) is 5.96 Å². The van der Waals surface area contributed by atoms with E-state index < -0.39 is 0 Å². The van der Waals surface area contributed by atoms with Crippen molar-refractivity contribution in [1.82, 2.24) is 25.1 Å². The maximum absolute atomic E-state index is 5.66. The molecule has 2 N–H and O–H groups in total. The number of likely N-dealkylation sites (tertiary alicyclic amines) is 1. The van der Waals surface area contributed by atoms with E-state index in [1.54, 1.807) is 12.5 Å². The number of furan rings is 1. The molecule has 3 rings (SSSR count). The molecule has 1 saturated heterocycles. The van der Waals surface area contributed by atoms with Gasteiger partial charge in [0.1, 0.15) is 5.76 Å². The van der Waals surface area contributed by atoms with Gasteiger partial charge < -0.3 is 19.6 Å². The number of hydrogen-bond acceptors (Lipinski definition) is 4. The van der Waals surface area contributed by atoms with Crippen molar-refractivity contribution in [2.24, 2.45) is 4.99 Å². The number of hydrogen-bond donors (Lipinski definition) is 2. The summed E-state index contributed by atoms with van der Waals surface area (Å²) >= 11 is 0. The molecule has 0 aromatic carbocycles. The minimum atomic E-state index is 0.252. The van der Waals surface area contributed by atoms with Crippen LogP contribution in [-0.2, 0) is 6.54 Å². The van der Waals surface area contributed by atoms with Crippen LogP contribution in [0.1, 0.15) is 31.1 Å². The predicted octanol–water partition coefficient (Wildman–Crippen LogP) is 1.87. The van der Waals surface area contributed by atoms with Crippen molar-refractivity contribution in [2.45, 2.75) is 31.8 Å². The Kier molecular flexibility index (Phi) is 6.50. The van der Waals surface area contributed by atoms with Crippen LogP contribution in [0.25, 0.3) is 0 Å². The Morgan fingerprint density at radius 2 is 2.24 bits per heavy atom. The third kappa shape index (κ3) is 5.09. The Balaban J connectivity index is 1.45. The van der Waals surface area contributed by atoms with Gasteiger partial charge >= 0.3 is 0 Å². The topological polar surface area (TPSA) is 70.6 Å². The molecule has 1 unspecified atom stereocenters. The van der Waals surface area contributed by atoms with Crippen molar-refractivity contribution < 1.29 is 4.42 Å². The van der Waals surface area contributed by atoms with Crippen LogP contribution < -0.4 is 10.6 Å². The Morgan fingerprint density at radius 3 is 2.92 bits per heavy atom. The van der Waals surface area contributed by atoms with E-state index in [1.807, 2.05) is 25.6 Å². The van der Waals surface area contributed by atoms with Gasteiger partial charge in [0.25, 0.3) is 0 Å². The second-order valence-corrected chi connectivity index (χ2v) is 6.31. The van der Waals surface area contributed by atoms with Crippen molar-refractivity contribution in [3.05, 3.63) is 42.9 Å². The van der Waals surface area contributed by atoms with Gasteiger partial charge in [0, 0.05) is 39.1 Å². The maximum atomic E-state index is 5.66. The summed E-state index contributed by atoms with van der Waals surface area (Å²) in [5, 5.41) is 6.83. The van der Waals surface area contributed by atoms with Crippen LogP contribution >= 0.6 is 0 Å². The highest BCUT2D eigenvalue weighted by atomic mass is 16.3. The highest BCUT2D eigenvalue weighted by Crippen LogP contribution is 2.24. The van der Waals surface area contributed by atoms with E-state index in [0.717, 1.165) is 50.9 Å². The van der Waals surface area contributed by atoms with Crippen molar-refractivity contribution in [1.29, 1.82) is 0 Å². The summed E-state index contributed by atoms with van der Waals surface area (Å²) in [5.74, 6) is 1.85. The first kappa shape index (κ1) is 17.5. The van der Waals surface area contributed by atoms with Gasteiger partial charge in [-0.25, -0.2) is 4.98 Å². The van der Waals surface area contributed by atoms with E-state index in [1.165, 1.54) is 12.8 Å². The number of aliphatic imine (C=N–C) groups is 1. The summed E-state index contributed by atoms with van der Waals surface area (Å²) in [6, 6.07) is 4.27. The monoisotopic (exact) mass is 344 g/mol. The summed E-state index contributed by atoms with van der Waals surface area (Å²) in [6.45, 7) is 4.86. The third-order valence-corrected chi connectivity index (χ3v) is 4.58. The molecular formula is C18H28N6O. The number of nitrogens with zero attached hydrogens (tertiary/aromatic N) is 4. The van der Waals surface area contributed by atoms with Crippen LogP contribution in [-0.4, -0.2) is 53.6 Å². The van der Waals surface area contributed by atoms with Gasteiger partial charge in [-0.05, 0) is 44.5 Å². The molecule has 2 aromatic heterocycles. The van der Waals surface area contributed by atoms with Gasteiger partial charge in [0.2, 0.25) is 0 Å². The molecule has 136 valence electrons. The zero-order valence-electron chi connectivity index (χ0n) is 14.9. The molecule has 0 bridgehead atoms. The molecule has 0 spiro atoms. The highest BCUT2D eigenvalue weighted by molar-refractivity contribution is 5.79. The van der Waals surface area contributed by atoms with E-state index >= 15 is 0 Å². The van der Waals surface area contributed by atoms with Crippen LogP contribution in [0.4, 0.5) is 0 Å². The van der Waals surface area contributed by atoms with Crippen molar-refractivity contribution in [3.8, 4) is 0 Å². The molecule has 1 atom stereocenters. The summed E-state index contributed by atoms with van der Waals surface area (Å²) < 4.78 is 7.74. The van der Waals surface area contributed by atoms with Gasteiger partial charge in [-0.2, -0.15) is 0 Å². The largest absolute Gasteiger partial charge is 0.468 e. The SMILES string of the molecule is CN=C(NCCCn1ccnc1)NCC(c1ccco1)N1CCCC1. The lowest BCUT2D eigenvalue weighted by molar-refractivity contribution is 0.215. The van der Waals surface area contributed by atoms with Crippen LogP contribution in [0, 0.1) is 0 Å². The van der Waals surface area contributed by atoms with E-state index in [2.05, 4.69) is 36.1 Å².